The highest BCUT2D eigenvalue weighted by molar-refractivity contribution is 5.54. The first-order chi connectivity index (χ1) is 7.58. The molecule has 2 aromatic heterocycles. The summed E-state index contributed by atoms with van der Waals surface area (Å²) in [4.78, 5) is 27.6. The van der Waals surface area contributed by atoms with Gasteiger partial charge in [0.25, 0.3) is 0 Å². The van der Waals surface area contributed by atoms with E-state index in [1.54, 1.807) is 0 Å². The molecule has 0 atom stereocenters. The molecule has 0 fully saturated rings. The number of aromatic amines is 2. The molecule has 0 amide bonds. The third kappa shape index (κ3) is 1.68. The van der Waals surface area contributed by atoms with Crippen LogP contribution in [0, 0.1) is 0 Å². The number of hydrogen-bond donors (Lipinski definition) is 4. The summed E-state index contributed by atoms with van der Waals surface area (Å²) in [6, 6.07) is 2.30. The van der Waals surface area contributed by atoms with Gasteiger partial charge in [0, 0.05) is 24.5 Å². The lowest BCUT2D eigenvalue weighted by molar-refractivity contribution is 0.466. The summed E-state index contributed by atoms with van der Waals surface area (Å²) in [7, 11) is 0. The molecule has 6 heteroatoms. The predicted octanol–water partition coefficient (Wildman–Crippen LogP) is 0.141. The van der Waals surface area contributed by atoms with Crippen molar-refractivity contribution in [1.29, 1.82) is 0 Å². The van der Waals surface area contributed by atoms with Gasteiger partial charge in [0.05, 0.1) is 11.4 Å². The lowest BCUT2D eigenvalue weighted by Gasteiger charge is -2.01. The van der Waals surface area contributed by atoms with Crippen molar-refractivity contribution in [2.45, 2.75) is 0 Å². The molecule has 6 nitrogen and oxygen atoms in total. The highest BCUT2D eigenvalue weighted by atomic mass is 16.3. The van der Waals surface area contributed by atoms with Crippen molar-refractivity contribution in [3.05, 3.63) is 45.0 Å². The lowest BCUT2D eigenvalue weighted by Crippen LogP contribution is -2.04. The van der Waals surface area contributed by atoms with Crippen LogP contribution < -0.4 is 10.9 Å². The molecule has 0 aromatic carbocycles. The quantitative estimate of drug-likeness (QED) is 0.548. The van der Waals surface area contributed by atoms with Crippen molar-refractivity contribution in [2.24, 2.45) is 0 Å². The second kappa shape index (κ2) is 3.58. The smallest absolute Gasteiger partial charge is 0.223 e. The van der Waals surface area contributed by atoms with E-state index in [1.807, 2.05) is 0 Å². The van der Waals surface area contributed by atoms with Gasteiger partial charge in [-0.3, -0.25) is 9.59 Å². The monoisotopic (exact) mass is 220 g/mol. The number of nitrogens with one attached hydrogen (secondary N) is 2. The second-order valence-corrected chi connectivity index (χ2v) is 3.19. The normalized spacial score (nSPS) is 10.2. The average molecular weight is 220 g/mol. The molecule has 0 aliphatic heterocycles. The zero-order valence-electron chi connectivity index (χ0n) is 8.02. The Bertz CT molecular complexity index is 584. The molecule has 0 unspecified atom stereocenters. The molecule has 0 radical (unpaired) electrons. The zero-order chi connectivity index (χ0) is 11.7. The molecule has 0 aliphatic carbocycles. The largest absolute Gasteiger partial charge is 0.503 e. The summed E-state index contributed by atoms with van der Waals surface area (Å²) in [6.45, 7) is 0. The Kier molecular flexibility index (Phi) is 2.24. The Hall–Kier alpha value is -2.50. The van der Waals surface area contributed by atoms with Crippen molar-refractivity contribution in [2.75, 3.05) is 0 Å². The van der Waals surface area contributed by atoms with Gasteiger partial charge in [0.15, 0.2) is 11.5 Å². The van der Waals surface area contributed by atoms with Gasteiger partial charge in [-0.05, 0) is 0 Å². The lowest BCUT2D eigenvalue weighted by atomic mass is 10.2. The number of aromatic nitrogens is 2. The third-order valence-electron chi connectivity index (χ3n) is 2.07. The van der Waals surface area contributed by atoms with Crippen LogP contribution in [-0.2, 0) is 0 Å². The summed E-state index contributed by atoms with van der Waals surface area (Å²) in [5.74, 6) is -0.797. The van der Waals surface area contributed by atoms with Crippen molar-refractivity contribution in [3.8, 4) is 22.9 Å². The number of hydrogen-bond acceptors (Lipinski definition) is 4. The van der Waals surface area contributed by atoms with Crippen LogP contribution in [0.1, 0.15) is 0 Å². The topological polar surface area (TPSA) is 106 Å². The van der Waals surface area contributed by atoms with Gasteiger partial charge in [0.1, 0.15) is 0 Å². The second-order valence-electron chi connectivity index (χ2n) is 3.19. The van der Waals surface area contributed by atoms with Crippen LogP contribution in [0.3, 0.4) is 0 Å². The van der Waals surface area contributed by atoms with Crippen LogP contribution in [0.2, 0.25) is 0 Å². The van der Waals surface area contributed by atoms with E-state index in [-0.39, 0.29) is 0 Å². The molecule has 0 aliphatic rings. The number of aromatic hydroxyl groups is 2. The number of pyridine rings is 2. The maximum atomic E-state index is 11.2. The summed E-state index contributed by atoms with van der Waals surface area (Å²) in [5.41, 5.74) is -0.412. The van der Waals surface area contributed by atoms with E-state index in [0.717, 1.165) is 24.5 Å². The average Bonchev–Trinajstić information content (AvgIpc) is 2.26. The van der Waals surface area contributed by atoms with Gasteiger partial charge in [-0.1, -0.05) is 0 Å². The molecule has 0 bridgehead atoms. The minimum Gasteiger partial charge on any atom is -0.503 e. The van der Waals surface area contributed by atoms with E-state index in [1.165, 1.54) is 0 Å². The van der Waals surface area contributed by atoms with Crippen LogP contribution in [0.25, 0.3) is 11.4 Å². The highest BCUT2D eigenvalue weighted by Crippen LogP contribution is 2.12. The molecule has 0 saturated carbocycles. The molecule has 0 spiro atoms. The van der Waals surface area contributed by atoms with Crippen molar-refractivity contribution < 1.29 is 10.2 Å². The molecule has 2 aromatic rings. The highest BCUT2D eigenvalue weighted by Gasteiger charge is 2.04. The van der Waals surface area contributed by atoms with E-state index < -0.39 is 22.4 Å². The van der Waals surface area contributed by atoms with Gasteiger partial charge >= 0.3 is 0 Å². The molecular formula is C10H8N2O4. The molecule has 2 rings (SSSR count). The van der Waals surface area contributed by atoms with E-state index in [2.05, 4.69) is 9.97 Å². The first kappa shape index (κ1) is 10.0. The summed E-state index contributed by atoms with van der Waals surface area (Å²) >= 11 is 0. The van der Waals surface area contributed by atoms with Crippen molar-refractivity contribution in [1.82, 2.24) is 9.97 Å². The predicted molar refractivity (Wildman–Crippen MR) is 56.4 cm³/mol. The zero-order valence-corrected chi connectivity index (χ0v) is 8.02. The van der Waals surface area contributed by atoms with E-state index in [9.17, 15) is 9.59 Å². The molecule has 2 heterocycles. The van der Waals surface area contributed by atoms with E-state index in [0.29, 0.717) is 11.4 Å². The van der Waals surface area contributed by atoms with E-state index in [4.69, 9.17) is 10.2 Å². The Labute approximate surface area is 88.8 Å². The fraction of sp³-hybridized carbons (Fsp3) is 0. The van der Waals surface area contributed by atoms with Gasteiger partial charge in [-0.2, -0.15) is 0 Å². The van der Waals surface area contributed by atoms with Crippen LogP contribution in [0.4, 0.5) is 0 Å². The molecular weight excluding hydrogens is 212 g/mol. The summed E-state index contributed by atoms with van der Waals surface area (Å²) in [6.07, 6.45) is 2.26. The van der Waals surface area contributed by atoms with E-state index >= 15 is 0 Å². The molecule has 4 N–H and O–H groups in total. The maximum Gasteiger partial charge on any atom is 0.223 e. The Morgan fingerprint density at radius 1 is 0.812 bits per heavy atom. The fourth-order valence-electron chi connectivity index (χ4n) is 1.24. The maximum absolute atomic E-state index is 11.2. The molecule has 0 saturated heterocycles. The minimum absolute atomic E-state index is 0.347. The first-order valence-corrected chi connectivity index (χ1v) is 4.41. The van der Waals surface area contributed by atoms with Gasteiger partial charge < -0.3 is 20.2 Å². The molecule has 82 valence electrons. The van der Waals surface area contributed by atoms with Crippen molar-refractivity contribution in [3.63, 3.8) is 0 Å². The Morgan fingerprint density at radius 2 is 1.19 bits per heavy atom. The van der Waals surface area contributed by atoms with Crippen LogP contribution in [0.5, 0.6) is 11.5 Å². The van der Waals surface area contributed by atoms with Crippen LogP contribution in [0.15, 0.2) is 34.1 Å². The van der Waals surface area contributed by atoms with Gasteiger partial charge in [-0.15, -0.1) is 0 Å². The fourth-order valence-corrected chi connectivity index (χ4v) is 1.24. The summed E-state index contributed by atoms with van der Waals surface area (Å²) < 4.78 is 0. The summed E-state index contributed by atoms with van der Waals surface area (Å²) in [5, 5.41) is 18.1. The van der Waals surface area contributed by atoms with Crippen molar-refractivity contribution >= 4 is 0 Å². The van der Waals surface area contributed by atoms with Crippen LogP contribution >= 0.6 is 0 Å². The first-order valence-electron chi connectivity index (χ1n) is 4.41. The number of rotatable bonds is 1. The standard InChI is InChI=1S/C10H8N2O4/c13-7-1-5(11-3-9(7)15)6-2-8(14)10(16)4-12-6/h1-4,15-16H,(H,11,13)(H,12,14). The molecule has 16 heavy (non-hydrogen) atoms. The SMILES string of the molecule is O=c1cc(-c2cc(=O)c(O)c[nH]2)[nH]cc1O. The third-order valence-corrected chi connectivity index (χ3v) is 2.07. The van der Waals surface area contributed by atoms with Gasteiger partial charge in [-0.25, -0.2) is 0 Å². The number of H-pyrrole nitrogens is 2. The van der Waals surface area contributed by atoms with Crippen LogP contribution in [-0.4, -0.2) is 20.2 Å². The minimum atomic E-state index is -0.553. The van der Waals surface area contributed by atoms with Gasteiger partial charge in [0.2, 0.25) is 10.9 Å². The Balaban J connectivity index is 2.59. The Morgan fingerprint density at radius 3 is 1.50 bits per heavy atom.